The van der Waals surface area contributed by atoms with Gasteiger partial charge in [-0.05, 0) is 31.5 Å². The second kappa shape index (κ2) is 6.06. The Morgan fingerprint density at radius 2 is 2.00 bits per heavy atom. The zero-order valence-corrected chi connectivity index (χ0v) is 12.2. The van der Waals surface area contributed by atoms with Crippen LogP contribution in [0.3, 0.4) is 0 Å². The Kier molecular flexibility index (Phi) is 5.05. The lowest BCUT2D eigenvalue weighted by Crippen LogP contribution is -2.43. The molecule has 21 heavy (non-hydrogen) atoms. The highest BCUT2D eigenvalue weighted by Crippen LogP contribution is 2.19. The quantitative estimate of drug-likeness (QED) is 0.578. The number of hydrogen-bond donors (Lipinski definition) is 4. The molecular weight excluding hydrogens is 305 g/mol. The fourth-order valence-corrected chi connectivity index (χ4v) is 2.71. The van der Waals surface area contributed by atoms with Gasteiger partial charge in [0.1, 0.15) is 5.82 Å². The normalized spacial score (nSPS) is 14.7. The van der Waals surface area contributed by atoms with Crippen molar-refractivity contribution in [2.75, 3.05) is 13.2 Å². The van der Waals surface area contributed by atoms with E-state index >= 15 is 0 Å². The van der Waals surface area contributed by atoms with E-state index in [9.17, 15) is 22.7 Å². The predicted octanol–water partition coefficient (Wildman–Crippen LogP) is -0.146. The highest BCUT2D eigenvalue weighted by atomic mass is 32.2. The molecule has 4 N–H and O–H groups in total. The van der Waals surface area contributed by atoms with Crippen LogP contribution in [0.1, 0.15) is 22.8 Å². The summed E-state index contributed by atoms with van der Waals surface area (Å²) in [5.74, 6) is -2.60. The molecule has 0 bridgehead atoms. The molecule has 0 aliphatic heterocycles. The van der Waals surface area contributed by atoms with Crippen molar-refractivity contribution in [3.63, 3.8) is 0 Å². The number of halogens is 1. The van der Waals surface area contributed by atoms with Gasteiger partial charge in [0.25, 0.3) is 0 Å². The van der Waals surface area contributed by atoms with Crippen LogP contribution in [0.25, 0.3) is 0 Å². The molecule has 0 radical (unpaired) electrons. The van der Waals surface area contributed by atoms with Gasteiger partial charge in [-0.3, -0.25) is 0 Å². The third-order valence-corrected chi connectivity index (χ3v) is 4.13. The number of carboxylic acids is 1. The largest absolute Gasteiger partial charge is 0.478 e. The van der Waals surface area contributed by atoms with E-state index in [4.69, 9.17) is 10.2 Å². The molecule has 9 heteroatoms. The molecule has 0 amide bonds. The minimum atomic E-state index is -4.15. The fourth-order valence-electron chi connectivity index (χ4n) is 1.44. The fraction of sp³-hybridized carbons (Fsp3) is 0.417. The summed E-state index contributed by atoms with van der Waals surface area (Å²) >= 11 is 0. The molecule has 7 nitrogen and oxygen atoms in total. The Bertz CT molecular complexity index is 656. The Labute approximate surface area is 121 Å². The Morgan fingerprint density at radius 1 is 1.43 bits per heavy atom. The minimum absolute atomic E-state index is 0.135. The lowest BCUT2D eigenvalue weighted by atomic mass is 10.1. The van der Waals surface area contributed by atoms with Gasteiger partial charge in [-0.25, -0.2) is 22.3 Å². The lowest BCUT2D eigenvalue weighted by Gasteiger charge is -2.20. The number of carbonyl (C=O) groups is 1. The van der Waals surface area contributed by atoms with Crippen LogP contribution in [0.5, 0.6) is 0 Å². The van der Waals surface area contributed by atoms with E-state index in [2.05, 4.69) is 0 Å². The molecule has 0 saturated carbocycles. The number of nitrogens with one attached hydrogen (secondary N) is 1. The van der Waals surface area contributed by atoms with Gasteiger partial charge in [0.05, 0.1) is 22.7 Å². The maximum atomic E-state index is 13.6. The van der Waals surface area contributed by atoms with Crippen LogP contribution in [-0.2, 0) is 10.0 Å². The van der Waals surface area contributed by atoms with E-state index in [1.54, 1.807) is 0 Å². The Balaban J connectivity index is 3.18. The molecule has 1 rings (SSSR count). The standard InChI is InChI=1S/C12H16FNO6S/c1-7-3-8(4-9(10(7)13)11(16)17)21(19,20)14-5-12(2,18)6-15/h3-4,14-15,18H,5-6H2,1-2H3,(H,16,17). The smallest absolute Gasteiger partial charge is 0.338 e. The Hall–Kier alpha value is -1.55. The summed E-state index contributed by atoms with van der Waals surface area (Å²) in [7, 11) is -4.15. The van der Waals surface area contributed by atoms with Crippen LogP contribution < -0.4 is 4.72 Å². The molecule has 1 atom stereocenters. The summed E-state index contributed by atoms with van der Waals surface area (Å²) in [6.45, 7) is 1.31. The number of aliphatic hydroxyl groups is 2. The van der Waals surface area contributed by atoms with Crippen LogP contribution in [0.4, 0.5) is 4.39 Å². The summed E-state index contributed by atoms with van der Waals surface area (Å²) in [6, 6.07) is 1.68. The number of hydrogen-bond acceptors (Lipinski definition) is 5. The molecule has 0 aliphatic carbocycles. The van der Waals surface area contributed by atoms with Crippen LogP contribution in [0.15, 0.2) is 17.0 Å². The van der Waals surface area contributed by atoms with E-state index in [1.165, 1.54) is 13.8 Å². The van der Waals surface area contributed by atoms with Gasteiger partial charge in [-0.15, -0.1) is 0 Å². The second-order valence-electron chi connectivity index (χ2n) is 4.89. The van der Waals surface area contributed by atoms with Crippen molar-refractivity contribution in [3.05, 3.63) is 29.1 Å². The third kappa shape index (κ3) is 4.21. The van der Waals surface area contributed by atoms with E-state index < -0.39 is 51.0 Å². The predicted molar refractivity (Wildman–Crippen MR) is 71.0 cm³/mol. The van der Waals surface area contributed by atoms with Gasteiger partial charge >= 0.3 is 5.97 Å². The monoisotopic (exact) mass is 321 g/mol. The molecule has 0 spiro atoms. The average Bonchev–Trinajstić information content (AvgIpc) is 2.39. The number of carboxylic acid groups (broad SMARTS) is 1. The zero-order valence-electron chi connectivity index (χ0n) is 11.4. The number of aromatic carboxylic acids is 1. The van der Waals surface area contributed by atoms with E-state index in [0.717, 1.165) is 6.07 Å². The summed E-state index contributed by atoms with van der Waals surface area (Å²) in [6.07, 6.45) is 0. The first kappa shape index (κ1) is 17.5. The van der Waals surface area contributed by atoms with E-state index in [0.29, 0.717) is 6.07 Å². The number of rotatable bonds is 6. The average molecular weight is 321 g/mol. The Morgan fingerprint density at radius 3 is 2.48 bits per heavy atom. The zero-order chi connectivity index (χ0) is 16.4. The van der Waals surface area contributed by atoms with Crippen LogP contribution in [0, 0.1) is 12.7 Å². The summed E-state index contributed by atoms with van der Waals surface area (Å²) < 4.78 is 39.6. The summed E-state index contributed by atoms with van der Waals surface area (Å²) in [4.78, 5) is 10.5. The molecule has 1 unspecified atom stereocenters. The van der Waals surface area contributed by atoms with Crippen molar-refractivity contribution >= 4 is 16.0 Å². The first-order valence-corrected chi connectivity index (χ1v) is 7.35. The van der Waals surface area contributed by atoms with Crippen LogP contribution in [-0.4, -0.2) is 48.5 Å². The van der Waals surface area contributed by atoms with Crippen molar-refractivity contribution in [3.8, 4) is 0 Å². The molecule has 0 saturated heterocycles. The molecule has 1 aromatic rings. The number of benzene rings is 1. The summed E-state index contributed by atoms with van der Waals surface area (Å²) in [5, 5.41) is 27.2. The molecule has 0 aromatic heterocycles. The van der Waals surface area contributed by atoms with Gasteiger partial charge in [-0.1, -0.05) is 0 Å². The lowest BCUT2D eigenvalue weighted by molar-refractivity contribution is 0.00681. The van der Waals surface area contributed by atoms with Gasteiger partial charge in [0.15, 0.2) is 0 Å². The van der Waals surface area contributed by atoms with Crippen molar-refractivity contribution in [2.45, 2.75) is 24.3 Å². The van der Waals surface area contributed by atoms with Crippen molar-refractivity contribution in [2.24, 2.45) is 0 Å². The molecular formula is C12H16FNO6S. The molecule has 0 aliphatic rings. The van der Waals surface area contributed by atoms with Gasteiger partial charge in [0, 0.05) is 6.54 Å². The number of aliphatic hydroxyl groups excluding tert-OH is 1. The molecule has 1 aromatic carbocycles. The van der Waals surface area contributed by atoms with E-state index in [1.807, 2.05) is 4.72 Å². The highest BCUT2D eigenvalue weighted by molar-refractivity contribution is 7.89. The SMILES string of the molecule is Cc1cc(S(=O)(=O)NCC(C)(O)CO)cc(C(=O)O)c1F. The number of aryl methyl sites for hydroxylation is 1. The summed E-state index contributed by atoms with van der Waals surface area (Å²) in [5.41, 5.74) is -2.56. The number of sulfonamides is 1. The van der Waals surface area contributed by atoms with Crippen LogP contribution >= 0.6 is 0 Å². The van der Waals surface area contributed by atoms with E-state index in [-0.39, 0.29) is 5.56 Å². The van der Waals surface area contributed by atoms with Crippen molar-refractivity contribution in [1.82, 2.24) is 4.72 Å². The minimum Gasteiger partial charge on any atom is -0.478 e. The third-order valence-electron chi connectivity index (χ3n) is 2.75. The topological polar surface area (TPSA) is 124 Å². The maximum Gasteiger partial charge on any atom is 0.338 e. The van der Waals surface area contributed by atoms with Gasteiger partial charge in [-0.2, -0.15) is 0 Å². The molecule has 118 valence electrons. The molecule has 0 fully saturated rings. The van der Waals surface area contributed by atoms with Crippen molar-refractivity contribution < 1.29 is 32.9 Å². The second-order valence-corrected chi connectivity index (χ2v) is 6.65. The van der Waals surface area contributed by atoms with Crippen molar-refractivity contribution in [1.29, 1.82) is 0 Å². The first-order valence-electron chi connectivity index (χ1n) is 5.86. The van der Waals surface area contributed by atoms with Gasteiger partial charge in [0.2, 0.25) is 10.0 Å². The van der Waals surface area contributed by atoms with Gasteiger partial charge < -0.3 is 15.3 Å². The first-order chi connectivity index (χ1) is 9.50. The molecule has 0 heterocycles. The highest BCUT2D eigenvalue weighted by Gasteiger charge is 2.25. The van der Waals surface area contributed by atoms with Crippen LogP contribution in [0.2, 0.25) is 0 Å². The maximum absolute atomic E-state index is 13.6.